The maximum absolute atomic E-state index is 14.8. The highest BCUT2D eigenvalue weighted by atomic mass is 32.1. The highest BCUT2D eigenvalue weighted by Crippen LogP contribution is 2.40. The average molecular weight is 1110 g/mol. The molecule has 3 aliphatic heterocycles. The van der Waals surface area contributed by atoms with Crippen molar-refractivity contribution < 1.29 is 41.8 Å². The molecule has 418 valence electrons. The number of esters is 1. The number of hydrogen-bond donors (Lipinski definition) is 2. The van der Waals surface area contributed by atoms with Gasteiger partial charge in [0.1, 0.15) is 23.2 Å². The van der Waals surface area contributed by atoms with Crippen LogP contribution in [0.3, 0.4) is 0 Å². The predicted octanol–water partition coefficient (Wildman–Crippen LogP) is 11.3. The van der Waals surface area contributed by atoms with Crippen LogP contribution < -0.4 is 25.2 Å². The third-order valence-electron chi connectivity index (χ3n) is 16.2. The molecule has 80 heavy (non-hydrogen) atoms. The Morgan fingerprint density at radius 1 is 0.863 bits per heavy atom. The molecule has 0 bridgehead atoms. The van der Waals surface area contributed by atoms with E-state index in [1.165, 1.54) is 16.2 Å². The second-order valence-electron chi connectivity index (χ2n) is 22.7. The summed E-state index contributed by atoms with van der Waals surface area (Å²) in [6.07, 6.45) is 2.07. The Hall–Kier alpha value is -7.38. The van der Waals surface area contributed by atoms with E-state index >= 15 is 0 Å². The van der Waals surface area contributed by atoms with Crippen molar-refractivity contribution in [3.05, 3.63) is 125 Å². The fraction of sp³-hybridized carbons (Fsp3) is 0.426. The van der Waals surface area contributed by atoms with Gasteiger partial charge in [0, 0.05) is 68.4 Å². The number of aryl methyl sites for hydroxylation is 1. The summed E-state index contributed by atoms with van der Waals surface area (Å²) in [4.78, 5) is 67.5. The molecule has 2 saturated heterocycles. The van der Waals surface area contributed by atoms with Crippen molar-refractivity contribution in [2.24, 2.45) is 13.0 Å². The summed E-state index contributed by atoms with van der Waals surface area (Å²) in [5.74, 6) is -0.348. The molecular weight excluding hydrogens is 1040 g/mol. The second-order valence-corrected chi connectivity index (χ2v) is 23.8. The molecule has 2 N–H and O–H groups in total. The average Bonchev–Trinajstić information content (AvgIpc) is 4.11. The van der Waals surface area contributed by atoms with E-state index in [0.717, 1.165) is 76.7 Å². The molecule has 7 aromatic rings. The van der Waals surface area contributed by atoms with E-state index in [1.54, 1.807) is 29.9 Å². The molecule has 0 radical (unpaired) electrons. The van der Waals surface area contributed by atoms with Crippen molar-refractivity contribution in [1.82, 2.24) is 30.0 Å². The lowest BCUT2D eigenvalue weighted by Crippen LogP contribution is -2.59. The number of nitrogens with zero attached hydrogens (tertiary/aromatic N) is 7. The van der Waals surface area contributed by atoms with E-state index in [1.807, 2.05) is 99.3 Å². The molecule has 3 aromatic heterocycles. The predicted molar refractivity (Wildman–Crippen MR) is 303 cm³/mol. The van der Waals surface area contributed by atoms with Crippen LogP contribution in [-0.4, -0.2) is 105 Å². The molecule has 4 aromatic carbocycles. The quantitative estimate of drug-likeness (QED) is 0.0831. The van der Waals surface area contributed by atoms with Crippen LogP contribution in [0, 0.1) is 12.8 Å². The number of thiazole rings is 1. The van der Waals surface area contributed by atoms with Crippen LogP contribution in [0.1, 0.15) is 121 Å². The molecule has 1 unspecified atom stereocenters. The first-order valence-electron chi connectivity index (χ1n) is 27.7. The third-order valence-corrected chi connectivity index (χ3v) is 17.1. The highest BCUT2D eigenvalue weighted by molar-refractivity contribution is 7.22. The number of halogens is 3. The maximum atomic E-state index is 14.8. The largest absolute Gasteiger partial charge is 0.490 e. The van der Waals surface area contributed by atoms with Gasteiger partial charge in [-0.1, -0.05) is 47.7 Å². The Morgan fingerprint density at radius 3 is 2.44 bits per heavy atom. The number of fused-ring (bicyclic) bond motifs is 3. The number of carbonyl (C=O) groups excluding carboxylic acids is 4. The van der Waals surface area contributed by atoms with Crippen LogP contribution in [0.25, 0.3) is 32.2 Å². The Kier molecular flexibility index (Phi) is 15.2. The molecule has 19 heteroatoms. The smallest absolute Gasteiger partial charge is 0.409 e. The van der Waals surface area contributed by atoms with Crippen LogP contribution in [0.4, 0.5) is 29.8 Å². The van der Waals surface area contributed by atoms with Crippen molar-refractivity contribution in [1.29, 1.82) is 0 Å². The standard InChI is InChI=1S/C61H66F3N9O6S/c1-36-41(42-24-26-52(66-55(42)58(77)79-60(2,3)4)72-30-28-38-12-8-14-43(46(38)34-72)56(75)68-59-65-47-15-6-7-17-50(47)80-59)13-9-16-49(36)78-40-21-18-37(19-22-40)11-10-29-71-31-32-73(51(35-71)61(62,63)64)39-20-23-44-48(33-39)70(5)69-54(44)45-25-27-53(74)67-57(45)76/h6-9,12-17,20,23-24,26,33,37,40,45,51H,10-11,18-19,21-22,25,27-32,34-35H2,1-5H3,(H,65,68,75)(H,67,74,76)/t37?,40?,45?,51-/m1/s1. The normalized spacial score (nSPS) is 20.2. The van der Waals surface area contributed by atoms with E-state index in [9.17, 15) is 32.3 Å². The molecule has 15 nitrogen and oxygen atoms in total. The van der Waals surface area contributed by atoms with Gasteiger partial charge in [-0.2, -0.15) is 18.3 Å². The number of pyridine rings is 1. The molecule has 1 saturated carbocycles. The van der Waals surface area contributed by atoms with Gasteiger partial charge in [0.15, 0.2) is 10.8 Å². The van der Waals surface area contributed by atoms with Crippen LogP contribution in [0.15, 0.2) is 91.0 Å². The molecule has 2 atom stereocenters. The minimum atomic E-state index is -4.45. The summed E-state index contributed by atoms with van der Waals surface area (Å²) in [5.41, 5.74) is 6.69. The Balaban J connectivity index is 0.711. The van der Waals surface area contributed by atoms with Crippen molar-refractivity contribution >= 4 is 72.8 Å². The van der Waals surface area contributed by atoms with Crippen LogP contribution in [0.5, 0.6) is 5.75 Å². The Bertz CT molecular complexity index is 3480. The number of imide groups is 1. The fourth-order valence-electron chi connectivity index (χ4n) is 12.1. The molecule has 3 amide bonds. The summed E-state index contributed by atoms with van der Waals surface area (Å²) in [6, 6.07) is 26.8. The first-order chi connectivity index (χ1) is 38.3. The molecule has 11 rings (SSSR count). The van der Waals surface area contributed by atoms with Gasteiger partial charge in [0.05, 0.1) is 33.4 Å². The summed E-state index contributed by atoms with van der Waals surface area (Å²) in [5, 5.41) is 11.2. The minimum absolute atomic E-state index is 0.0172. The van der Waals surface area contributed by atoms with Gasteiger partial charge in [0.2, 0.25) is 11.8 Å². The number of anilines is 3. The highest BCUT2D eigenvalue weighted by Gasteiger charge is 2.47. The molecule has 6 heterocycles. The zero-order chi connectivity index (χ0) is 56.0. The van der Waals surface area contributed by atoms with Crippen molar-refractivity contribution in [2.75, 3.05) is 47.8 Å². The van der Waals surface area contributed by atoms with Crippen LogP contribution >= 0.6 is 11.3 Å². The van der Waals surface area contributed by atoms with Crippen molar-refractivity contribution in [3.8, 4) is 16.9 Å². The van der Waals surface area contributed by atoms with Crippen LogP contribution in [-0.2, 0) is 34.3 Å². The number of piperidine rings is 1. The molecule has 0 spiro atoms. The van der Waals surface area contributed by atoms with Gasteiger partial charge in [-0.25, -0.2) is 14.8 Å². The topological polar surface area (TPSA) is 164 Å². The van der Waals surface area contributed by atoms with Crippen molar-refractivity contribution in [3.63, 3.8) is 0 Å². The molecule has 4 aliphatic rings. The summed E-state index contributed by atoms with van der Waals surface area (Å²) >= 11 is 1.43. The number of amides is 3. The summed E-state index contributed by atoms with van der Waals surface area (Å²) in [6.45, 7) is 9.70. The van der Waals surface area contributed by atoms with Gasteiger partial charge in [-0.15, -0.1) is 0 Å². The summed E-state index contributed by atoms with van der Waals surface area (Å²) < 4.78 is 59.7. The van der Waals surface area contributed by atoms with E-state index in [4.69, 9.17) is 14.5 Å². The molecule has 1 aliphatic carbocycles. The van der Waals surface area contributed by atoms with E-state index in [0.29, 0.717) is 89.3 Å². The minimum Gasteiger partial charge on any atom is -0.490 e. The van der Waals surface area contributed by atoms with Gasteiger partial charge in [0.25, 0.3) is 5.91 Å². The number of alkyl halides is 3. The van der Waals surface area contributed by atoms with Gasteiger partial charge in [-0.05, 0) is 168 Å². The lowest BCUT2D eigenvalue weighted by atomic mass is 9.84. The number of carbonyl (C=O) groups is 4. The number of benzene rings is 4. The van der Waals surface area contributed by atoms with Gasteiger partial charge >= 0.3 is 12.1 Å². The monoisotopic (exact) mass is 1110 g/mol. The summed E-state index contributed by atoms with van der Waals surface area (Å²) in [7, 11) is 1.72. The number of rotatable bonds is 13. The molecular formula is C61H66F3N9O6S. The first-order valence-corrected chi connectivity index (χ1v) is 28.5. The van der Waals surface area contributed by atoms with E-state index < -0.39 is 35.6 Å². The fourth-order valence-corrected chi connectivity index (χ4v) is 12.9. The number of aromatic nitrogens is 4. The second kappa shape index (κ2) is 22.3. The number of hydrogen-bond acceptors (Lipinski definition) is 13. The van der Waals surface area contributed by atoms with Gasteiger partial charge in [-0.3, -0.25) is 34.6 Å². The lowest BCUT2D eigenvalue weighted by molar-refractivity contribution is -0.156. The Morgan fingerprint density at radius 2 is 1.66 bits per heavy atom. The molecule has 3 fully saturated rings. The number of piperazine rings is 1. The van der Waals surface area contributed by atoms with E-state index in [-0.39, 0.29) is 43.1 Å². The van der Waals surface area contributed by atoms with E-state index in [2.05, 4.69) is 31.7 Å². The maximum Gasteiger partial charge on any atom is 0.409 e. The van der Waals surface area contributed by atoms with Crippen molar-refractivity contribution in [2.45, 2.75) is 122 Å². The van der Waals surface area contributed by atoms with Crippen LogP contribution in [0.2, 0.25) is 0 Å². The van der Waals surface area contributed by atoms with Gasteiger partial charge < -0.3 is 19.3 Å². The lowest BCUT2D eigenvalue weighted by Gasteiger charge is -2.43. The number of para-hydroxylation sites is 1. The number of nitrogens with one attached hydrogen (secondary N) is 2. The zero-order valence-electron chi connectivity index (χ0n) is 45.7. The Labute approximate surface area is 466 Å². The number of ether oxygens (including phenoxy) is 2. The third kappa shape index (κ3) is 11.6. The SMILES string of the molecule is Cc1c(OC2CCC(CCCN3CCN(c4ccc5c(C6CCC(=O)NC6=O)nn(C)c5c4)[C@@H](C(F)(F)F)C3)CC2)cccc1-c1ccc(N2CCc3cccc(C(=O)Nc4nc5ccccc5s4)c3C2)nc1C(=O)OC(C)(C)C. The first kappa shape index (κ1) is 54.6. The zero-order valence-corrected chi connectivity index (χ0v) is 46.5.